The van der Waals surface area contributed by atoms with Crippen LogP contribution in [-0.4, -0.2) is 61.2 Å². The summed E-state index contributed by atoms with van der Waals surface area (Å²) in [4.78, 5) is 23.7. The molecule has 1 rings (SSSR count). The van der Waals surface area contributed by atoms with Gasteiger partial charge in [0.05, 0.1) is 6.26 Å². The molecule has 1 aromatic rings. The zero-order valence-corrected chi connectivity index (χ0v) is 16.5. The Kier molecular flexibility index (Phi) is 12.7. The van der Waals surface area contributed by atoms with Crippen molar-refractivity contribution in [3.8, 4) is 0 Å². The molecule has 0 aliphatic heterocycles. The number of hydrogen-bond acceptors (Lipinski definition) is 6. The van der Waals surface area contributed by atoms with E-state index in [9.17, 15) is 8.42 Å². The Labute approximate surface area is 148 Å². The van der Waals surface area contributed by atoms with Crippen LogP contribution in [0.25, 0.3) is 0 Å². The van der Waals surface area contributed by atoms with Crippen molar-refractivity contribution in [3.05, 3.63) is 23.8 Å². The Morgan fingerprint density at radius 2 is 1.72 bits per heavy atom. The van der Waals surface area contributed by atoms with Gasteiger partial charge >= 0.3 is 7.82 Å². The summed E-state index contributed by atoms with van der Waals surface area (Å²) in [7, 11) is -6.76. The lowest BCUT2D eigenvalue weighted by atomic mass is 10.1. The number of anilines is 2. The highest BCUT2D eigenvalue weighted by Gasteiger charge is 2.07. The third kappa shape index (κ3) is 16.0. The first kappa shape index (κ1) is 26.0. The number of hydrogen-bond donors (Lipinski definition) is 6. The number of likely N-dealkylation sites (N-methyl/N-ethyl adjacent to an activating group) is 1. The zero-order valence-electron chi connectivity index (χ0n) is 14.7. The van der Waals surface area contributed by atoms with Crippen LogP contribution in [0.5, 0.6) is 0 Å². The quantitative estimate of drug-likeness (QED) is 0.275. The number of nitrogens with zero attached hydrogens (tertiary/aromatic N) is 1. The second kappa shape index (κ2) is 12.2. The highest BCUT2D eigenvalue weighted by Crippen LogP contribution is 2.25. The number of phosphoric acid groups is 1. The third-order valence-corrected chi connectivity index (χ3v) is 3.47. The molecule has 0 unspecified atom stereocenters. The molecule has 25 heavy (non-hydrogen) atoms. The number of rotatable bonds is 6. The second-order valence-electron chi connectivity index (χ2n) is 4.80. The Morgan fingerprint density at radius 1 is 1.24 bits per heavy atom. The molecule has 0 amide bonds. The van der Waals surface area contributed by atoms with Crippen molar-refractivity contribution in [2.24, 2.45) is 0 Å². The molecule has 12 heteroatoms. The average molecular weight is 401 g/mol. The van der Waals surface area contributed by atoms with E-state index < -0.39 is 17.8 Å². The topological polar surface area (TPSA) is 173 Å². The number of sulfonamides is 1. The van der Waals surface area contributed by atoms with Crippen LogP contribution in [0.2, 0.25) is 0 Å². The zero-order chi connectivity index (χ0) is 20.3. The summed E-state index contributed by atoms with van der Waals surface area (Å²) < 4.78 is 33.4. The van der Waals surface area contributed by atoms with Crippen molar-refractivity contribution in [3.63, 3.8) is 0 Å². The molecular formula is C13H28N3O7PS. The van der Waals surface area contributed by atoms with Crippen LogP contribution in [0.15, 0.2) is 18.2 Å². The van der Waals surface area contributed by atoms with Gasteiger partial charge in [0.25, 0.3) is 0 Å². The van der Waals surface area contributed by atoms with Crippen molar-refractivity contribution >= 4 is 29.2 Å². The number of benzene rings is 1. The van der Waals surface area contributed by atoms with E-state index in [1.807, 2.05) is 32.0 Å². The first-order valence-electron chi connectivity index (χ1n) is 7.12. The lowest BCUT2D eigenvalue weighted by Gasteiger charge is -2.23. The van der Waals surface area contributed by atoms with E-state index >= 15 is 0 Å². The highest BCUT2D eigenvalue weighted by atomic mass is 32.2. The van der Waals surface area contributed by atoms with Crippen LogP contribution in [0, 0.1) is 6.92 Å². The standard InChI is InChI=1S/C12H21N3O2S.CH4O.H3O4P/c1-4-15(8-7-14-18(3,16)17)11-5-6-12(13)10(2)9-11;1-2;1-5(2,3)4/h5-6,9,14H,4,7-8,13H2,1-3H3;2H,1H3;(H3,1,2,3,4). The fraction of sp³-hybridized carbons (Fsp3) is 0.538. The molecule has 10 nitrogen and oxygen atoms in total. The molecule has 0 bridgehead atoms. The average Bonchev–Trinajstić information content (AvgIpc) is 2.46. The van der Waals surface area contributed by atoms with E-state index in [1.165, 1.54) is 0 Å². The van der Waals surface area contributed by atoms with Crippen LogP contribution in [0.1, 0.15) is 12.5 Å². The summed E-state index contributed by atoms with van der Waals surface area (Å²) in [6.45, 7) is 5.84. The number of aryl methyl sites for hydroxylation is 1. The van der Waals surface area contributed by atoms with Gasteiger partial charge in [-0.05, 0) is 37.6 Å². The molecule has 0 atom stereocenters. The largest absolute Gasteiger partial charge is 0.466 e. The van der Waals surface area contributed by atoms with Gasteiger partial charge in [0.1, 0.15) is 0 Å². The van der Waals surface area contributed by atoms with Gasteiger partial charge in [0, 0.05) is 38.1 Å². The Hall–Kier alpha value is -1.20. The van der Waals surface area contributed by atoms with E-state index in [2.05, 4.69) is 9.62 Å². The van der Waals surface area contributed by atoms with Crippen molar-refractivity contribution in [2.75, 3.05) is 43.6 Å². The maximum atomic E-state index is 11.0. The van der Waals surface area contributed by atoms with Gasteiger partial charge in [-0.25, -0.2) is 17.7 Å². The maximum Gasteiger partial charge on any atom is 0.466 e. The lowest BCUT2D eigenvalue weighted by Crippen LogP contribution is -2.34. The smallest absolute Gasteiger partial charge is 0.400 e. The molecule has 0 aliphatic carbocycles. The first-order chi connectivity index (χ1) is 11.3. The fourth-order valence-corrected chi connectivity index (χ4v) is 2.15. The molecular weight excluding hydrogens is 373 g/mol. The predicted molar refractivity (Wildman–Crippen MR) is 98.7 cm³/mol. The molecule has 0 fully saturated rings. The van der Waals surface area contributed by atoms with E-state index in [0.717, 1.165) is 36.8 Å². The van der Waals surface area contributed by atoms with Crippen LogP contribution < -0.4 is 15.4 Å². The van der Waals surface area contributed by atoms with Gasteiger partial charge in [-0.1, -0.05) is 0 Å². The van der Waals surface area contributed by atoms with Crippen LogP contribution in [-0.2, 0) is 14.6 Å². The van der Waals surface area contributed by atoms with Crippen molar-refractivity contribution in [1.82, 2.24) is 4.72 Å². The molecule has 0 aliphatic rings. The van der Waals surface area contributed by atoms with Crippen molar-refractivity contribution in [1.29, 1.82) is 0 Å². The summed E-state index contributed by atoms with van der Waals surface area (Å²) in [5.74, 6) is 0. The molecule has 1 aromatic carbocycles. The lowest BCUT2D eigenvalue weighted by molar-refractivity contribution is 0.275. The number of aliphatic hydroxyl groups is 1. The normalized spacial score (nSPS) is 10.9. The number of nitrogens with one attached hydrogen (secondary N) is 1. The number of aliphatic hydroxyl groups excluding tert-OH is 1. The van der Waals surface area contributed by atoms with Crippen molar-refractivity contribution in [2.45, 2.75) is 13.8 Å². The van der Waals surface area contributed by atoms with Gasteiger partial charge in [-0.2, -0.15) is 0 Å². The van der Waals surface area contributed by atoms with E-state index in [-0.39, 0.29) is 0 Å². The molecule has 0 aromatic heterocycles. The van der Waals surface area contributed by atoms with Gasteiger partial charge in [0.15, 0.2) is 0 Å². The van der Waals surface area contributed by atoms with Crippen LogP contribution in [0.4, 0.5) is 11.4 Å². The summed E-state index contributed by atoms with van der Waals surface area (Å²) in [6.07, 6.45) is 1.16. The summed E-state index contributed by atoms with van der Waals surface area (Å²) >= 11 is 0. The Balaban J connectivity index is 0. The van der Waals surface area contributed by atoms with Crippen LogP contribution >= 0.6 is 7.82 Å². The third-order valence-electron chi connectivity index (χ3n) is 2.75. The van der Waals surface area contributed by atoms with Crippen LogP contribution in [0.3, 0.4) is 0 Å². The first-order valence-corrected chi connectivity index (χ1v) is 10.6. The molecule has 0 radical (unpaired) electrons. The summed E-state index contributed by atoms with van der Waals surface area (Å²) in [6, 6.07) is 5.84. The minimum absolute atomic E-state index is 0.399. The molecule has 148 valence electrons. The molecule has 0 heterocycles. The molecule has 0 saturated heterocycles. The monoisotopic (exact) mass is 401 g/mol. The van der Waals surface area contributed by atoms with E-state index in [0.29, 0.717) is 13.1 Å². The Bertz CT molecular complexity index is 641. The molecule has 0 saturated carbocycles. The van der Waals surface area contributed by atoms with Crippen molar-refractivity contribution < 1.29 is 32.8 Å². The van der Waals surface area contributed by atoms with Gasteiger partial charge < -0.3 is 30.4 Å². The van der Waals surface area contributed by atoms with E-state index in [1.54, 1.807) is 0 Å². The summed E-state index contributed by atoms with van der Waals surface area (Å²) in [5.41, 5.74) is 8.63. The maximum absolute atomic E-state index is 11.0. The Morgan fingerprint density at radius 3 is 2.08 bits per heavy atom. The van der Waals surface area contributed by atoms with Gasteiger partial charge in [-0.15, -0.1) is 0 Å². The van der Waals surface area contributed by atoms with Gasteiger partial charge in [-0.3, -0.25) is 0 Å². The highest BCUT2D eigenvalue weighted by molar-refractivity contribution is 7.88. The fourth-order valence-electron chi connectivity index (χ4n) is 1.69. The minimum Gasteiger partial charge on any atom is -0.400 e. The second-order valence-corrected chi connectivity index (χ2v) is 7.66. The minimum atomic E-state index is -4.64. The number of nitrogens with two attached hydrogens (primary N) is 1. The predicted octanol–water partition coefficient (Wildman–Crippen LogP) is -0.367. The molecule has 7 N–H and O–H groups in total. The van der Waals surface area contributed by atoms with E-state index in [4.69, 9.17) is 30.1 Å². The number of nitrogen functional groups attached to an aromatic ring is 1. The van der Waals surface area contributed by atoms with Gasteiger partial charge in [0.2, 0.25) is 10.0 Å². The SMILES string of the molecule is CCN(CCNS(C)(=O)=O)c1ccc(N)c(C)c1.CO.O=P(O)(O)O. The summed E-state index contributed by atoms with van der Waals surface area (Å²) in [5, 5.41) is 7.00. The molecule has 0 spiro atoms.